The molecule has 0 radical (unpaired) electrons. The molecule has 0 aliphatic carbocycles. The van der Waals surface area contributed by atoms with E-state index in [4.69, 9.17) is 4.74 Å². The number of hydrogen-bond donors (Lipinski definition) is 1. The van der Waals surface area contributed by atoms with Gasteiger partial charge in [0, 0.05) is 12.0 Å². The van der Waals surface area contributed by atoms with Crippen molar-refractivity contribution in [2.24, 2.45) is 5.92 Å². The first-order chi connectivity index (χ1) is 8.79. The summed E-state index contributed by atoms with van der Waals surface area (Å²) in [5.41, 5.74) is 1.45. The summed E-state index contributed by atoms with van der Waals surface area (Å²) in [6.45, 7) is 3.11. The van der Waals surface area contributed by atoms with Gasteiger partial charge in [-0.1, -0.05) is 30.3 Å². The minimum Gasteiger partial charge on any atom is -0.378 e. The Morgan fingerprint density at radius 2 is 2.11 bits per heavy atom. The van der Waals surface area contributed by atoms with Crippen molar-refractivity contribution in [3.8, 4) is 0 Å². The van der Waals surface area contributed by atoms with Crippen LogP contribution in [0.15, 0.2) is 30.3 Å². The first-order valence-electron chi connectivity index (χ1n) is 7.12. The van der Waals surface area contributed by atoms with E-state index in [1.165, 1.54) is 31.2 Å². The Hall–Kier alpha value is -0.860. The number of ether oxygens (including phenoxy) is 1. The molecule has 2 heteroatoms. The average molecular weight is 247 g/mol. The van der Waals surface area contributed by atoms with Crippen LogP contribution in [0.1, 0.15) is 31.7 Å². The molecular formula is C16H25NO. The molecule has 2 nitrogen and oxygen atoms in total. The van der Waals surface area contributed by atoms with E-state index in [0.29, 0.717) is 18.1 Å². The van der Waals surface area contributed by atoms with Gasteiger partial charge in [-0.3, -0.25) is 0 Å². The molecule has 1 heterocycles. The van der Waals surface area contributed by atoms with Gasteiger partial charge in [0.15, 0.2) is 0 Å². The van der Waals surface area contributed by atoms with Crippen molar-refractivity contribution in [2.75, 3.05) is 13.7 Å². The van der Waals surface area contributed by atoms with Crippen LogP contribution >= 0.6 is 0 Å². The molecule has 0 saturated carbocycles. The molecule has 3 atom stereocenters. The second-order valence-electron chi connectivity index (χ2n) is 5.41. The SMILES string of the molecule is CNC(CCCc1ccccc1)C1COC(C)C1. The van der Waals surface area contributed by atoms with Crippen LogP contribution in [0.2, 0.25) is 0 Å². The molecule has 1 aliphatic rings. The molecule has 100 valence electrons. The molecule has 1 aromatic carbocycles. The lowest BCUT2D eigenvalue weighted by Crippen LogP contribution is -2.34. The first kappa shape index (κ1) is 13.6. The maximum Gasteiger partial charge on any atom is 0.0551 e. The second-order valence-corrected chi connectivity index (χ2v) is 5.41. The van der Waals surface area contributed by atoms with Crippen LogP contribution in [0.5, 0.6) is 0 Å². The topological polar surface area (TPSA) is 21.3 Å². The molecule has 18 heavy (non-hydrogen) atoms. The Balaban J connectivity index is 1.74. The van der Waals surface area contributed by atoms with Crippen molar-refractivity contribution >= 4 is 0 Å². The van der Waals surface area contributed by atoms with E-state index in [9.17, 15) is 0 Å². The van der Waals surface area contributed by atoms with Crippen LogP contribution in [0, 0.1) is 5.92 Å². The highest BCUT2D eigenvalue weighted by atomic mass is 16.5. The summed E-state index contributed by atoms with van der Waals surface area (Å²) in [5.74, 6) is 0.695. The number of hydrogen-bond acceptors (Lipinski definition) is 2. The summed E-state index contributed by atoms with van der Waals surface area (Å²) >= 11 is 0. The summed E-state index contributed by atoms with van der Waals surface area (Å²) in [6.07, 6.45) is 5.32. The number of nitrogens with one attached hydrogen (secondary N) is 1. The third kappa shape index (κ3) is 3.82. The van der Waals surface area contributed by atoms with E-state index in [0.717, 1.165) is 6.61 Å². The minimum atomic E-state index is 0.444. The van der Waals surface area contributed by atoms with Gasteiger partial charge >= 0.3 is 0 Å². The van der Waals surface area contributed by atoms with Crippen LogP contribution in [0.4, 0.5) is 0 Å². The second kappa shape index (κ2) is 6.91. The molecule has 1 aliphatic heterocycles. The lowest BCUT2D eigenvalue weighted by Gasteiger charge is -2.21. The fourth-order valence-electron chi connectivity index (χ4n) is 2.92. The van der Waals surface area contributed by atoms with Crippen molar-refractivity contribution < 1.29 is 4.74 Å². The van der Waals surface area contributed by atoms with Crippen LogP contribution in [-0.4, -0.2) is 25.8 Å². The standard InChI is InChI=1S/C16H25NO/c1-13-11-15(12-18-13)16(17-2)10-6-9-14-7-4-3-5-8-14/h3-5,7-8,13,15-17H,6,9-12H2,1-2H3. The van der Waals surface area contributed by atoms with Gasteiger partial charge in [-0.25, -0.2) is 0 Å². The van der Waals surface area contributed by atoms with Gasteiger partial charge in [0.1, 0.15) is 0 Å². The summed E-state index contributed by atoms with van der Waals surface area (Å²) in [4.78, 5) is 0. The molecule has 0 aromatic heterocycles. The van der Waals surface area contributed by atoms with Gasteiger partial charge in [0.25, 0.3) is 0 Å². The third-order valence-corrected chi connectivity index (χ3v) is 3.99. The monoisotopic (exact) mass is 247 g/mol. The fraction of sp³-hybridized carbons (Fsp3) is 0.625. The molecule has 2 rings (SSSR count). The van der Waals surface area contributed by atoms with Crippen molar-refractivity contribution in [3.63, 3.8) is 0 Å². The maximum absolute atomic E-state index is 5.67. The zero-order chi connectivity index (χ0) is 12.8. The summed E-state index contributed by atoms with van der Waals surface area (Å²) < 4.78 is 5.67. The van der Waals surface area contributed by atoms with Crippen LogP contribution in [0.25, 0.3) is 0 Å². The Morgan fingerprint density at radius 1 is 1.33 bits per heavy atom. The molecule has 0 bridgehead atoms. The molecule has 0 spiro atoms. The van der Waals surface area contributed by atoms with Gasteiger partial charge in [-0.2, -0.15) is 0 Å². The van der Waals surface area contributed by atoms with Crippen molar-refractivity contribution in [3.05, 3.63) is 35.9 Å². The smallest absolute Gasteiger partial charge is 0.0551 e. The Labute approximate surface area is 111 Å². The molecule has 1 fully saturated rings. The Kier molecular flexibility index (Phi) is 5.21. The highest BCUT2D eigenvalue weighted by Crippen LogP contribution is 2.24. The van der Waals surface area contributed by atoms with E-state index in [1.807, 2.05) is 0 Å². The molecule has 1 saturated heterocycles. The normalized spacial score (nSPS) is 25.2. The third-order valence-electron chi connectivity index (χ3n) is 3.99. The highest BCUT2D eigenvalue weighted by molar-refractivity contribution is 5.14. The fourth-order valence-corrected chi connectivity index (χ4v) is 2.92. The Bertz CT molecular complexity index is 338. The first-order valence-corrected chi connectivity index (χ1v) is 7.12. The van der Waals surface area contributed by atoms with E-state index in [1.54, 1.807) is 0 Å². The summed E-state index contributed by atoms with van der Waals surface area (Å²) in [6, 6.07) is 11.4. The van der Waals surface area contributed by atoms with Crippen molar-refractivity contribution in [2.45, 2.75) is 44.8 Å². The molecular weight excluding hydrogens is 222 g/mol. The predicted octanol–water partition coefficient (Wildman–Crippen LogP) is 3.02. The molecule has 0 amide bonds. The quantitative estimate of drug-likeness (QED) is 0.834. The average Bonchev–Trinajstić information content (AvgIpc) is 2.82. The van der Waals surface area contributed by atoms with Crippen LogP contribution < -0.4 is 5.32 Å². The van der Waals surface area contributed by atoms with Gasteiger partial charge in [0.2, 0.25) is 0 Å². The van der Waals surface area contributed by atoms with Crippen LogP contribution in [-0.2, 0) is 11.2 Å². The Morgan fingerprint density at radius 3 is 2.72 bits per heavy atom. The lowest BCUT2D eigenvalue weighted by atomic mass is 9.92. The van der Waals surface area contributed by atoms with Crippen molar-refractivity contribution in [1.82, 2.24) is 5.32 Å². The van der Waals surface area contributed by atoms with E-state index in [-0.39, 0.29) is 0 Å². The van der Waals surface area contributed by atoms with Crippen molar-refractivity contribution in [1.29, 1.82) is 0 Å². The van der Waals surface area contributed by atoms with E-state index >= 15 is 0 Å². The lowest BCUT2D eigenvalue weighted by molar-refractivity contribution is 0.116. The zero-order valence-corrected chi connectivity index (χ0v) is 11.6. The van der Waals surface area contributed by atoms with E-state index in [2.05, 4.69) is 49.6 Å². The van der Waals surface area contributed by atoms with Gasteiger partial charge in [-0.15, -0.1) is 0 Å². The molecule has 3 unspecified atom stereocenters. The summed E-state index contributed by atoms with van der Waals surface area (Å²) in [5, 5.41) is 3.47. The minimum absolute atomic E-state index is 0.444. The molecule has 1 N–H and O–H groups in total. The summed E-state index contributed by atoms with van der Waals surface area (Å²) in [7, 11) is 2.08. The van der Waals surface area contributed by atoms with Crippen LogP contribution in [0.3, 0.4) is 0 Å². The van der Waals surface area contributed by atoms with Gasteiger partial charge < -0.3 is 10.1 Å². The number of rotatable bonds is 6. The zero-order valence-electron chi connectivity index (χ0n) is 11.6. The number of aryl methyl sites for hydroxylation is 1. The molecule has 1 aromatic rings. The van der Waals surface area contributed by atoms with E-state index < -0.39 is 0 Å². The highest BCUT2D eigenvalue weighted by Gasteiger charge is 2.28. The van der Waals surface area contributed by atoms with Gasteiger partial charge in [-0.05, 0) is 45.2 Å². The largest absolute Gasteiger partial charge is 0.378 e. The van der Waals surface area contributed by atoms with Gasteiger partial charge in [0.05, 0.1) is 12.7 Å². The maximum atomic E-state index is 5.67. The predicted molar refractivity (Wildman–Crippen MR) is 75.7 cm³/mol. The number of benzene rings is 1.